The number of aliphatic carboxylic acids is 1. The number of carboxylic acid groups (broad SMARTS) is 1. The number of amides is 1. The van der Waals surface area contributed by atoms with Crippen LogP contribution < -0.4 is 5.32 Å². The molecular formula is C19H26N2O3. The summed E-state index contributed by atoms with van der Waals surface area (Å²) < 4.78 is 0. The summed E-state index contributed by atoms with van der Waals surface area (Å²) in [5, 5.41) is 11.8. The molecule has 3 rings (SSSR count). The molecule has 2 bridgehead atoms. The molecule has 1 aliphatic carbocycles. The zero-order chi connectivity index (χ0) is 16.9. The molecule has 24 heavy (non-hydrogen) atoms. The minimum atomic E-state index is -0.914. The summed E-state index contributed by atoms with van der Waals surface area (Å²) in [6.45, 7) is 2.98. The third-order valence-corrected chi connectivity index (χ3v) is 5.29. The van der Waals surface area contributed by atoms with Crippen LogP contribution in [0.2, 0.25) is 0 Å². The van der Waals surface area contributed by atoms with Crippen LogP contribution in [0.1, 0.15) is 37.7 Å². The van der Waals surface area contributed by atoms with Crippen molar-refractivity contribution in [1.29, 1.82) is 0 Å². The third-order valence-electron chi connectivity index (χ3n) is 5.29. The molecule has 2 unspecified atom stereocenters. The first-order chi connectivity index (χ1) is 11.6. The number of carboxylic acids is 1. The lowest BCUT2D eigenvalue weighted by Gasteiger charge is -2.47. The molecule has 1 amide bonds. The van der Waals surface area contributed by atoms with Gasteiger partial charge < -0.3 is 10.4 Å². The Hall–Kier alpha value is -1.88. The molecule has 2 aliphatic rings. The van der Waals surface area contributed by atoms with Crippen molar-refractivity contribution in [3.8, 4) is 0 Å². The van der Waals surface area contributed by atoms with E-state index in [-0.39, 0.29) is 24.8 Å². The van der Waals surface area contributed by atoms with Gasteiger partial charge in [0.25, 0.3) is 0 Å². The second kappa shape index (κ2) is 7.79. The summed E-state index contributed by atoms with van der Waals surface area (Å²) in [5.74, 6) is -0.0659. The van der Waals surface area contributed by atoms with Gasteiger partial charge >= 0.3 is 5.97 Å². The molecule has 2 fully saturated rings. The smallest absolute Gasteiger partial charge is 0.303 e. The number of benzene rings is 1. The quantitative estimate of drug-likeness (QED) is 0.839. The first kappa shape index (κ1) is 17.0. The second-order valence-electron chi connectivity index (χ2n) is 7.12. The van der Waals surface area contributed by atoms with Gasteiger partial charge in [-0.1, -0.05) is 36.8 Å². The van der Waals surface area contributed by atoms with E-state index in [2.05, 4.69) is 34.5 Å². The molecule has 2 N–H and O–H groups in total. The molecule has 1 saturated carbocycles. The minimum Gasteiger partial charge on any atom is -0.481 e. The fourth-order valence-electron chi connectivity index (χ4n) is 4.22. The number of nitrogens with one attached hydrogen (secondary N) is 1. The highest BCUT2D eigenvalue weighted by Crippen LogP contribution is 2.35. The van der Waals surface area contributed by atoms with Crippen LogP contribution in [-0.4, -0.2) is 41.0 Å². The van der Waals surface area contributed by atoms with E-state index in [4.69, 9.17) is 5.11 Å². The highest BCUT2D eigenvalue weighted by Gasteiger charge is 2.40. The topological polar surface area (TPSA) is 69.6 Å². The Morgan fingerprint density at radius 2 is 1.75 bits per heavy atom. The number of hydrogen-bond acceptors (Lipinski definition) is 3. The molecule has 1 saturated heterocycles. The molecule has 0 spiro atoms. The lowest BCUT2D eigenvalue weighted by molar-refractivity contribution is -0.139. The maximum Gasteiger partial charge on any atom is 0.303 e. The Bertz CT molecular complexity index is 561. The van der Waals surface area contributed by atoms with Crippen LogP contribution in [0, 0.1) is 11.8 Å². The standard InChI is InChI=1S/C19H26N2O3/c22-17(9-10-18(23)24)20-19-15-7-4-8-16(19)13-21(12-15)11-14-5-2-1-3-6-14/h1-3,5-6,15-16,19H,4,7-13H2,(H,20,22)(H,23,24). The molecule has 5 heteroatoms. The van der Waals surface area contributed by atoms with Gasteiger partial charge in [-0.2, -0.15) is 0 Å². The first-order valence-corrected chi connectivity index (χ1v) is 8.89. The summed E-state index contributed by atoms with van der Waals surface area (Å²) in [5.41, 5.74) is 1.33. The van der Waals surface area contributed by atoms with Crippen LogP contribution in [-0.2, 0) is 16.1 Å². The fraction of sp³-hybridized carbons (Fsp3) is 0.579. The summed E-state index contributed by atoms with van der Waals surface area (Å²) in [4.78, 5) is 25.2. The number of likely N-dealkylation sites (tertiary alicyclic amines) is 1. The lowest BCUT2D eigenvalue weighted by Crippen LogP contribution is -2.57. The molecule has 130 valence electrons. The van der Waals surface area contributed by atoms with Crippen LogP contribution in [0.25, 0.3) is 0 Å². The molecule has 1 aromatic rings. The summed E-state index contributed by atoms with van der Waals surface area (Å²) in [6, 6.07) is 10.7. The van der Waals surface area contributed by atoms with Crippen LogP contribution >= 0.6 is 0 Å². The Kier molecular flexibility index (Phi) is 5.51. The Labute approximate surface area is 143 Å². The predicted octanol–water partition coefficient (Wildman–Crippen LogP) is 2.27. The van der Waals surface area contributed by atoms with Gasteiger partial charge in [0.1, 0.15) is 0 Å². The van der Waals surface area contributed by atoms with E-state index in [1.807, 2.05) is 6.07 Å². The van der Waals surface area contributed by atoms with Crippen LogP contribution in [0.4, 0.5) is 0 Å². The van der Waals surface area contributed by atoms with Gasteiger partial charge in [-0.15, -0.1) is 0 Å². The number of hydrogen-bond donors (Lipinski definition) is 2. The van der Waals surface area contributed by atoms with Crippen molar-refractivity contribution in [1.82, 2.24) is 10.2 Å². The van der Waals surface area contributed by atoms with Gasteiger partial charge in [-0.25, -0.2) is 0 Å². The second-order valence-corrected chi connectivity index (χ2v) is 7.12. The maximum atomic E-state index is 12.0. The average molecular weight is 330 g/mol. The van der Waals surface area contributed by atoms with Gasteiger partial charge in [-0.05, 0) is 30.2 Å². The Morgan fingerprint density at radius 1 is 1.08 bits per heavy atom. The summed E-state index contributed by atoms with van der Waals surface area (Å²) in [7, 11) is 0. The molecule has 1 aromatic carbocycles. The largest absolute Gasteiger partial charge is 0.481 e. The van der Waals surface area contributed by atoms with E-state index in [0.717, 1.165) is 32.5 Å². The summed E-state index contributed by atoms with van der Waals surface area (Å²) >= 11 is 0. The molecule has 1 heterocycles. The Balaban J connectivity index is 1.57. The van der Waals surface area contributed by atoms with Gasteiger partial charge in [0.2, 0.25) is 5.91 Å². The normalized spacial score (nSPS) is 26.8. The van der Waals surface area contributed by atoms with E-state index >= 15 is 0 Å². The van der Waals surface area contributed by atoms with Crippen molar-refractivity contribution in [2.45, 2.75) is 44.7 Å². The SMILES string of the molecule is O=C(O)CCC(=O)NC1C2CCCC1CN(Cc1ccccc1)C2. The molecule has 2 atom stereocenters. The highest BCUT2D eigenvalue weighted by molar-refractivity contribution is 5.80. The van der Waals surface area contributed by atoms with Crippen LogP contribution in [0.5, 0.6) is 0 Å². The van der Waals surface area contributed by atoms with E-state index in [1.54, 1.807) is 0 Å². The van der Waals surface area contributed by atoms with Gasteiger partial charge in [0, 0.05) is 32.1 Å². The number of nitrogens with zero attached hydrogens (tertiary/aromatic N) is 1. The zero-order valence-corrected chi connectivity index (χ0v) is 14.0. The van der Waals surface area contributed by atoms with Crippen molar-refractivity contribution in [2.75, 3.05) is 13.1 Å². The monoisotopic (exact) mass is 330 g/mol. The number of carbonyl (C=O) groups is 2. The minimum absolute atomic E-state index is 0.0823. The van der Waals surface area contributed by atoms with Crippen molar-refractivity contribution >= 4 is 11.9 Å². The molecule has 0 aromatic heterocycles. The molecule has 1 aliphatic heterocycles. The third kappa shape index (κ3) is 4.35. The van der Waals surface area contributed by atoms with Gasteiger partial charge in [-0.3, -0.25) is 14.5 Å². The van der Waals surface area contributed by atoms with E-state index in [0.29, 0.717) is 11.8 Å². The number of rotatable bonds is 6. The maximum absolute atomic E-state index is 12.0. The van der Waals surface area contributed by atoms with E-state index < -0.39 is 5.97 Å². The molecule has 0 radical (unpaired) electrons. The van der Waals surface area contributed by atoms with Crippen molar-refractivity contribution in [3.05, 3.63) is 35.9 Å². The predicted molar refractivity (Wildman–Crippen MR) is 91.4 cm³/mol. The zero-order valence-electron chi connectivity index (χ0n) is 14.0. The average Bonchev–Trinajstić information content (AvgIpc) is 2.54. The lowest BCUT2D eigenvalue weighted by atomic mass is 9.73. The van der Waals surface area contributed by atoms with E-state index in [1.165, 1.54) is 12.0 Å². The van der Waals surface area contributed by atoms with Crippen molar-refractivity contribution in [2.24, 2.45) is 11.8 Å². The molecule has 5 nitrogen and oxygen atoms in total. The van der Waals surface area contributed by atoms with Crippen LogP contribution in [0.3, 0.4) is 0 Å². The van der Waals surface area contributed by atoms with Gasteiger partial charge in [0.05, 0.1) is 6.42 Å². The van der Waals surface area contributed by atoms with Gasteiger partial charge in [0.15, 0.2) is 0 Å². The van der Waals surface area contributed by atoms with E-state index in [9.17, 15) is 9.59 Å². The first-order valence-electron chi connectivity index (χ1n) is 8.89. The fourth-order valence-corrected chi connectivity index (χ4v) is 4.22. The number of fused-ring (bicyclic) bond motifs is 2. The van der Waals surface area contributed by atoms with Crippen LogP contribution in [0.15, 0.2) is 30.3 Å². The van der Waals surface area contributed by atoms with Crippen molar-refractivity contribution in [3.63, 3.8) is 0 Å². The number of piperidine rings is 1. The summed E-state index contributed by atoms with van der Waals surface area (Å²) in [6.07, 6.45) is 3.51. The van der Waals surface area contributed by atoms with Crippen molar-refractivity contribution < 1.29 is 14.7 Å². The highest BCUT2D eigenvalue weighted by atomic mass is 16.4. The molecular weight excluding hydrogens is 304 g/mol. The number of carbonyl (C=O) groups excluding carboxylic acids is 1. The Morgan fingerprint density at radius 3 is 2.38 bits per heavy atom.